The highest BCUT2D eigenvalue weighted by molar-refractivity contribution is 5.86. The van der Waals surface area contributed by atoms with Gasteiger partial charge >= 0.3 is 0 Å². The van der Waals surface area contributed by atoms with Gasteiger partial charge in [-0.05, 0) is 55.0 Å². The Morgan fingerprint density at radius 1 is 1.07 bits per heavy atom. The number of hydrogen-bond acceptors (Lipinski definition) is 2. The first-order valence-electron chi connectivity index (χ1n) is 9.60. The Balaban J connectivity index is 1.63. The standard InChI is InChI=1S/C24H19F2N3O/c1-15-2-6-19(7-3-15)29-23-9-4-17(10-16(23)12-28-29)24(30,14-25)21-13-27-22-8-5-18(26)11-20(21)22/h2-13,27,30H,14H2,1H3. The number of aliphatic hydroxyl groups is 1. The highest BCUT2D eigenvalue weighted by atomic mass is 19.1. The van der Waals surface area contributed by atoms with Crippen molar-refractivity contribution in [2.75, 3.05) is 6.67 Å². The molecule has 2 aromatic heterocycles. The van der Waals surface area contributed by atoms with Crippen molar-refractivity contribution in [2.24, 2.45) is 0 Å². The van der Waals surface area contributed by atoms with Gasteiger partial charge in [-0.1, -0.05) is 23.8 Å². The molecule has 5 rings (SSSR count). The molecule has 30 heavy (non-hydrogen) atoms. The third kappa shape index (κ3) is 2.80. The van der Waals surface area contributed by atoms with E-state index in [4.69, 9.17) is 0 Å². The first kappa shape index (κ1) is 18.5. The molecule has 3 aromatic carbocycles. The van der Waals surface area contributed by atoms with Crippen LogP contribution in [0, 0.1) is 12.7 Å². The lowest BCUT2D eigenvalue weighted by Gasteiger charge is -2.25. The molecule has 0 fully saturated rings. The fraction of sp³-hybridized carbons (Fsp3) is 0.125. The SMILES string of the molecule is Cc1ccc(-n2ncc3cc(C(O)(CF)c4c[nH]c5ccc(F)cc45)ccc32)cc1. The number of fused-ring (bicyclic) bond motifs is 2. The van der Waals surface area contributed by atoms with Gasteiger partial charge in [0.15, 0.2) is 0 Å². The largest absolute Gasteiger partial charge is 0.378 e. The monoisotopic (exact) mass is 403 g/mol. The predicted octanol–water partition coefficient (Wildman–Crippen LogP) is 5.16. The summed E-state index contributed by atoms with van der Waals surface area (Å²) in [6.45, 7) is 0.972. The average Bonchev–Trinajstić information content (AvgIpc) is 3.37. The van der Waals surface area contributed by atoms with E-state index < -0.39 is 18.1 Å². The summed E-state index contributed by atoms with van der Waals surface area (Å²) >= 11 is 0. The van der Waals surface area contributed by atoms with E-state index in [1.54, 1.807) is 29.1 Å². The number of nitrogens with one attached hydrogen (secondary N) is 1. The zero-order chi connectivity index (χ0) is 20.9. The Kier molecular flexibility index (Phi) is 4.18. The van der Waals surface area contributed by atoms with E-state index in [9.17, 15) is 13.9 Å². The van der Waals surface area contributed by atoms with Crippen LogP contribution in [0.1, 0.15) is 16.7 Å². The molecular formula is C24H19F2N3O. The minimum Gasteiger partial charge on any atom is -0.378 e. The first-order valence-corrected chi connectivity index (χ1v) is 9.60. The first-order chi connectivity index (χ1) is 14.5. The number of aromatic amines is 1. The molecule has 0 spiro atoms. The molecule has 6 heteroatoms. The number of nitrogens with zero attached hydrogens (tertiary/aromatic N) is 2. The number of aromatic nitrogens is 3. The maximum atomic E-state index is 14.2. The van der Waals surface area contributed by atoms with Gasteiger partial charge in [-0.15, -0.1) is 0 Å². The summed E-state index contributed by atoms with van der Waals surface area (Å²) in [6, 6.07) is 17.4. The van der Waals surface area contributed by atoms with Crippen molar-refractivity contribution < 1.29 is 13.9 Å². The van der Waals surface area contributed by atoms with Crippen LogP contribution in [0.5, 0.6) is 0 Å². The van der Waals surface area contributed by atoms with Crippen LogP contribution in [-0.2, 0) is 5.60 Å². The Morgan fingerprint density at radius 2 is 1.87 bits per heavy atom. The molecule has 4 nitrogen and oxygen atoms in total. The van der Waals surface area contributed by atoms with Crippen LogP contribution in [0.3, 0.4) is 0 Å². The molecule has 0 saturated heterocycles. The fourth-order valence-electron chi connectivity index (χ4n) is 3.92. The summed E-state index contributed by atoms with van der Waals surface area (Å²) in [6.07, 6.45) is 3.22. The molecule has 0 radical (unpaired) electrons. The Morgan fingerprint density at radius 3 is 2.63 bits per heavy atom. The van der Waals surface area contributed by atoms with Gasteiger partial charge in [0.1, 0.15) is 18.1 Å². The quantitative estimate of drug-likeness (QED) is 0.436. The van der Waals surface area contributed by atoms with E-state index in [2.05, 4.69) is 10.1 Å². The van der Waals surface area contributed by atoms with Gasteiger partial charge in [-0.25, -0.2) is 13.5 Å². The third-order valence-electron chi connectivity index (χ3n) is 5.61. The molecule has 0 aliphatic heterocycles. The van der Waals surface area contributed by atoms with E-state index in [-0.39, 0.29) is 0 Å². The summed E-state index contributed by atoms with van der Waals surface area (Å²) in [5.41, 5.74) is 2.31. The molecule has 5 aromatic rings. The zero-order valence-corrected chi connectivity index (χ0v) is 16.2. The average molecular weight is 403 g/mol. The van der Waals surface area contributed by atoms with Crippen LogP contribution in [0.25, 0.3) is 27.5 Å². The number of halogens is 2. The summed E-state index contributed by atoms with van der Waals surface area (Å²) in [7, 11) is 0. The molecule has 0 aliphatic carbocycles. The van der Waals surface area contributed by atoms with Crippen molar-refractivity contribution in [1.82, 2.24) is 14.8 Å². The Hall–Kier alpha value is -3.51. The molecule has 0 bridgehead atoms. The smallest absolute Gasteiger partial charge is 0.145 e. The lowest BCUT2D eigenvalue weighted by molar-refractivity contribution is 0.0533. The van der Waals surface area contributed by atoms with Gasteiger partial charge in [0.2, 0.25) is 0 Å². The summed E-state index contributed by atoms with van der Waals surface area (Å²) < 4.78 is 29.8. The van der Waals surface area contributed by atoms with Crippen LogP contribution in [-0.4, -0.2) is 26.5 Å². The van der Waals surface area contributed by atoms with Gasteiger partial charge < -0.3 is 10.1 Å². The number of hydrogen-bond donors (Lipinski definition) is 2. The lowest BCUT2D eigenvalue weighted by Crippen LogP contribution is -2.29. The van der Waals surface area contributed by atoms with Crippen LogP contribution in [0.4, 0.5) is 8.78 Å². The minimum absolute atomic E-state index is 0.296. The van der Waals surface area contributed by atoms with Crippen molar-refractivity contribution in [3.63, 3.8) is 0 Å². The zero-order valence-electron chi connectivity index (χ0n) is 16.2. The van der Waals surface area contributed by atoms with Gasteiger partial charge in [0.25, 0.3) is 0 Å². The Bertz CT molecular complexity index is 1370. The third-order valence-corrected chi connectivity index (χ3v) is 5.61. The number of H-pyrrole nitrogens is 1. The van der Waals surface area contributed by atoms with E-state index in [0.717, 1.165) is 22.2 Å². The topological polar surface area (TPSA) is 53.8 Å². The molecule has 1 unspecified atom stereocenters. The highest BCUT2D eigenvalue weighted by Gasteiger charge is 2.34. The lowest BCUT2D eigenvalue weighted by atomic mass is 9.86. The van der Waals surface area contributed by atoms with Crippen LogP contribution in [0.2, 0.25) is 0 Å². The molecule has 1 atom stereocenters. The summed E-state index contributed by atoms with van der Waals surface area (Å²) in [5.74, 6) is -0.445. The van der Waals surface area contributed by atoms with Crippen molar-refractivity contribution in [1.29, 1.82) is 0 Å². The van der Waals surface area contributed by atoms with Crippen LogP contribution >= 0.6 is 0 Å². The molecule has 2 heterocycles. The second-order valence-electron chi connectivity index (χ2n) is 7.55. The molecule has 0 amide bonds. The van der Waals surface area contributed by atoms with E-state index >= 15 is 0 Å². The molecule has 2 N–H and O–H groups in total. The Labute approximate surface area is 171 Å². The van der Waals surface area contributed by atoms with Gasteiger partial charge in [-0.2, -0.15) is 5.10 Å². The van der Waals surface area contributed by atoms with Crippen molar-refractivity contribution in [3.8, 4) is 5.69 Å². The van der Waals surface area contributed by atoms with E-state index in [1.807, 2.05) is 37.3 Å². The highest BCUT2D eigenvalue weighted by Crippen LogP contribution is 2.37. The minimum atomic E-state index is -1.91. The molecule has 150 valence electrons. The number of alkyl halides is 1. The summed E-state index contributed by atoms with van der Waals surface area (Å²) in [4.78, 5) is 2.98. The van der Waals surface area contributed by atoms with Gasteiger partial charge in [0.05, 0.1) is 17.4 Å². The second kappa shape index (κ2) is 6.78. The fourth-order valence-corrected chi connectivity index (χ4v) is 3.92. The van der Waals surface area contributed by atoms with Crippen LogP contribution < -0.4 is 0 Å². The normalized spacial score (nSPS) is 13.7. The predicted molar refractivity (Wildman–Crippen MR) is 113 cm³/mol. The summed E-state index contributed by atoms with van der Waals surface area (Å²) in [5, 5.41) is 17.0. The molecule has 0 saturated carbocycles. The van der Waals surface area contributed by atoms with Crippen LogP contribution in [0.15, 0.2) is 73.1 Å². The number of rotatable bonds is 4. The maximum Gasteiger partial charge on any atom is 0.145 e. The van der Waals surface area contributed by atoms with Crippen molar-refractivity contribution >= 4 is 21.8 Å². The van der Waals surface area contributed by atoms with Crippen molar-refractivity contribution in [3.05, 3.63) is 95.6 Å². The maximum absolute atomic E-state index is 14.2. The van der Waals surface area contributed by atoms with E-state index in [1.165, 1.54) is 18.3 Å². The van der Waals surface area contributed by atoms with Crippen molar-refractivity contribution in [2.45, 2.75) is 12.5 Å². The number of benzene rings is 3. The molecular weight excluding hydrogens is 384 g/mol. The van der Waals surface area contributed by atoms with Gasteiger partial charge in [0, 0.05) is 28.0 Å². The second-order valence-corrected chi connectivity index (χ2v) is 7.55. The number of aryl methyl sites for hydroxylation is 1. The molecule has 0 aliphatic rings. The van der Waals surface area contributed by atoms with Gasteiger partial charge in [-0.3, -0.25) is 0 Å². The van der Waals surface area contributed by atoms with E-state index in [0.29, 0.717) is 22.0 Å².